The molecule has 10 heteroatoms. The standard InChI is InChI=1S/C25H29N5O5/c1-2-3-13-35-24(34)15-9-11-17(12-10-15)26-22(32)18-14-19(31)28-21-20(18)23(33)30-25(29-21)27-16-7-5-4-6-8-16/h4-12,18,20-21,25,27,29H,2-3,13-14H2,1H3,(H,26,32)(H,28,31)(H,30,33). The molecule has 4 atom stereocenters. The van der Waals surface area contributed by atoms with Crippen LogP contribution in [0, 0.1) is 11.8 Å². The molecule has 0 aromatic heterocycles. The van der Waals surface area contributed by atoms with Crippen molar-refractivity contribution in [2.75, 3.05) is 17.2 Å². The largest absolute Gasteiger partial charge is 0.462 e. The molecule has 35 heavy (non-hydrogen) atoms. The lowest BCUT2D eigenvalue weighted by atomic mass is 9.81. The summed E-state index contributed by atoms with van der Waals surface area (Å²) in [6.07, 6.45) is 0.292. The van der Waals surface area contributed by atoms with Gasteiger partial charge >= 0.3 is 5.97 Å². The molecule has 0 radical (unpaired) electrons. The molecule has 2 aromatic rings. The van der Waals surface area contributed by atoms with Crippen LogP contribution in [0.3, 0.4) is 0 Å². The van der Waals surface area contributed by atoms with Gasteiger partial charge in [-0.1, -0.05) is 31.5 Å². The molecular weight excluding hydrogens is 450 g/mol. The first kappa shape index (κ1) is 24.2. The van der Waals surface area contributed by atoms with E-state index in [2.05, 4.69) is 26.6 Å². The number of carbonyl (C=O) groups excluding carboxylic acids is 4. The second-order valence-electron chi connectivity index (χ2n) is 8.56. The molecule has 2 aliphatic rings. The summed E-state index contributed by atoms with van der Waals surface area (Å²) in [6.45, 7) is 2.37. The Morgan fingerprint density at radius 3 is 2.46 bits per heavy atom. The van der Waals surface area contributed by atoms with Gasteiger partial charge in [0.1, 0.15) is 0 Å². The van der Waals surface area contributed by atoms with Crippen molar-refractivity contribution < 1.29 is 23.9 Å². The highest BCUT2D eigenvalue weighted by atomic mass is 16.5. The van der Waals surface area contributed by atoms with Crippen LogP contribution in [0.2, 0.25) is 0 Å². The fourth-order valence-electron chi connectivity index (χ4n) is 4.17. The molecule has 2 aromatic carbocycles. The lowest BCUT2D eigenvalue weighted by Crippen LogP contribution is -2.72. The van der Waals surface area contributed by atoms with E-state index in [9.17, 15) is 19.2 Å². The first-order valence-electron chi connectivity index (χ1n) is 11.7. The lowest BCUT2D eigenvalue weighted by Gasteiger charge is -2.43. The molecule has 4 rings (SSSR count). The van der Waals surface area contributed by atoms with Crippen LogP contribution in [-0.4, -0.2) is 42.8 Å². The molecule has 5 N–H and O–H groups in total. The summed E-state index contributed by atoms with van der Waals surface area (Å²) in [5.74, 6) is -3.18. The first-order valence-corrected chi connectivity index (χ1v) is 11.7. The number of hydrogen-bond acceptors (Lipinski definition) is 7. The number of ether oxygens (including phenoxy) is 1. The van der Waals surface area contributed by atoms with Gasteiger partial charge in [0.25, 0.3) is 0 Å². The van der Waals surface area contributed by atoms with E-state index in [0.29, 0.717) is 17.9 Å². The Kier molecular flexibility index (Phi) is 7.61. The highest BCUT2D eigenvalue weighted by molar-refractivity contribution is 6.00. The van der Waals surface area contributed by atoms with Gasteiger partial charge in [0.2, 0.25) is 17.7 Å². The predicted molar refractivity (Wildman–Crippen MR) is 129 cm³/mol. The van der Waals surface area contributed by atoms with E-state index in [0.717, 1.165) is 18.5 Å². The summed E-state index contributed by atoms with van der Waals surface area (Å²) < 4.78 is 5.19. The highest BCUT2D eigenvalue weighted by Gasteiger charge is 2.48. The van der Waals surface area contributed by atoms with E-state index in [-0.39, 0.29) is 18.2 Å². The summed E-state index contributed by atoms with van der Waals surface area (Å²) in [7, 11) is 0. The van der Waals surface area contributed by atoms with Crippen molar-refractivity contribution in [3.63, 3.8) is 0 Å². The molecule has 3 amide bonds. The van der Waals surface area contributed by atoms with Gasteiger partial charge in [-0.2, -0.15) is 0 Å². The molecule has 2 saturated heterocycles. The number of nitrogens with one attached hydrogen (secondary N) is 5. The van der Waals surface area contributed by atoms with E-state index in [4.69, 9.17) is 4.74 Å². The smallest absolute Gasteiger partial charge is 0.338 e. The minimum absolute atomic E-state index is 0.110. The average molecular weight is 480 g/mol. The van der Waals surface area contributed by atoms with Gasteiger partial charge in [-0.3, -0.25) is 19.7 Å². The Labute approximate surface area is 203 Å². The Bertz CT molecular complexity index is 1080. The van der Waals surface area contributed by atoms with Crippen LogP contribution in [0.5, 0.6) is 0 Å². The minimum Gasteiger partial charge on any atom is -0.462 e. The van der Waals surface area contributed by atoms with E-state index >= 15 is 0 Å². The van der Waals surface area contributed by atoms with Gasteiger partial charge in [-0.15, -0.1) is 0 Å². The van der Waals surface area contributed by atoms with Crippen LogP contribution in [0.25, 0.3) is 0 Å². The van der Waals surface area contributed by atoms with E-state index in [1.807, 2.05) is 37.3 Å². The second kappa shape index (κ2) is 11.0. The van der Waals surface area contributed by atoms with Gasteiger partial charge in [-0.05, 0) is 42.8 Å². The number of para-hydroxylation sites is 1. The zero-order chi connectivity index (χ0) is 24.8. The third-order valence-corrected chi connectivity index (χ3v) is 5.99. The van der Waals surface area contributed by atoms with Crippen LogP contribution in [-0.2, 0) is 19.1 Å². The summed E-state index contributed by atoms with van der Waals surface area (Å²) in [6, 6.07) is 15.6. The van der Waals surface area contributed by atoms with Crippen molar-refractivity contribution in [3.8, 4) is 0 Å². The number of hydrogen-bond donors (Lipinski definition) is 5. The van der Waals surface area contributed by atoms with Crippen LogP contribution >= 0.6 is 0 Å². The van der Waals surface area contributed by atoms with Crippen LogP contribution in [0.1, 0.15) is 36.5 Å². The van der Waals surface area contributed by atoms with Gasteiger partial charge < -0.3 is 26.0 Å². The summed E-state index contributed by atoms with van der Waals surface area (Å²) >= 11 is 0. The second-order valence-corrected chi connectivity index (χ2v) is 8.56. The maximum atomic E-state index is 13.1. The summed E-state index contributed by atoms with van der Waals surface area (Å²) in [5, 5.41) is 14.6. The first-order chi connectivity index (χ1) is 16.9. The van der Waals surface area contributed by atoms with Crippen molar-refractivity contribution in [2.45, 2.75) is 38.6 Å². The quantitative estimate of drug-likeness (QED) is 0.287. The Morgan fingerprint density at radius 2 is 1.74 bits per heavy atom. The number of piperidine rings is 1. The summed E-state index contributed by atoms with van der Waals surface area (Å²) in [5.41, 5.74) is 1.62. The van der Waals surface area contributed by atoms with Crippen LogP contribution in [0.4, 0.5) is 11.4 Å². The number of rotatable bonds is 8. The number of esters is 1. The fourth-order valence-corrected chi connectivity index (χ4v) is 4.17. The molecule has 2 aliphatic heterocycles. The minimum atomic E-state index is -0.863. The summed E-state index contributed by atoms with van der Waals surface area (Å²) in [4.78, 5) is 50.4. The molecule has 0 spiro atoms. The van der Waals surface area contributed by atoms with Gasteiger partial charge in [0.05, 0.1) is 30.2 Å². The highest BCUT2D eigenvalue weighted by Crippen LogP contribution is 2.28. The van der Waals surface area contributed by atoms with E-state index in [1.165, 1.54) is 0 Å². The van der Waals surface area contributed by atoms with Gasteiger partial charge in [-0.25, -0.2) is 4.79 Å². The zero-order valence-corrected chi connectivity index (χ0v) is 19.4. The topological polar surface area (TPSA) is 138 Å². The van der Waals surface area contributed by atoms with Crippen molar-refractivity contribution in [1.29, 1.82) is 0 Å². The molecule has 10 nitrogen and oxygen atoms in total. The number of amides is 3. The average Bonchev–Trinajstić information content (AvgIpc) is 2.84. The van der Waals surface area contributed by atoms with Gasteiger partial charge in [0.15, 0.2) is 6.29 Å². The molecule has 0 saturated carbocycles. The third kappa shape index (κ3) is 5.96. The molecule has 4 unspecified atom stereocenters. The van der Waals surface area contributed by atoms with E-state index < -0.39 is 36.2 Å². The fraction of sp³-hybridized carbons (Fsp3) is 0.360. The zero-order valence-electron chi connectivity index (χ0n) is 19.4. The Balaban J connectivity index is 1.39. The molecule has 2 heterocycles. The maximum absolute atomic E-state index is 13.1. The molecule has 2 fully saturated rings. The maximum Gasteiger partial charge on any atom is 0.338 e. The Hall–Kier alpha value is -3.92. The van der Waals surface area contributed by atoms with Crippen LogP contribution in [0.15, 0.2) is 54.6 Å². The normalized spacial score (nSPS) is 23.3. The molecular formula is C25H29N5O5. The number of unbranched alkanes of at least 4 members (excludes halogenated alkanes) is 1. The molecule has 0 bridgehead atoms. The van der Waals surface area contributed by atoms with Crippen molar-refractivity contribution in [2.24, 2.45) is 11.8 Å². The number of carbonyl (C=O) groups is 4. The van der Waals surface area contributed by atoms with Crippen molar-refractivity contribution in [3.05, 3.63) is 60.2 Å². The lowest BCUT2D eigenvalue weighted by molar-refractivity contribution is -0.144. The molecule has 184 valence electrons. The SMILES string of the molecule is CCCCOC(=O)c1ccc(NC(=O)C2CC(=O)NC3NC(Nc4ccccc4)NC(=O)C32)cc1. The Morgan fingerprint density at radius 1 is 1.00 bits per heavy atom. The molecule has 0 aliphatic carbocycles. The van der Waals surface area contributed by atoms with E-state index in [1.54, 1.807) is 24.3 Å². The van der Waals surface area contributed by atoms with Crippen LogP contribution < -0.4 is 26.6 Å². The third-order valence-electron chi connectivity index (χ3n) is 5.99. The number of fused-ring (bicyclic) bond motifs is 1. The van der Waals surface area contributed by atoms with Gasteiger partial charge in [0, 0.05) is 17.8 Å². The predicted octanol–water partition coefficient (Wildman–Crippen LogP) is 1.78. The number of benzene rings is 2. The van der Waals surface area contributed by atoms with Crippen molar-refractivity contribution >= 4 is 35.1 Å². The number of anilines is 2. The monoisotopic (exact) mass is 479 g/mol. The van der Waals surface area contributed by atoms with Crippen molar-refractivity contribution in [1.82, 2.24) is 16.0 Å².